The fourth-order valence-corrected chi connectivity index (χ4v) is 3.87. The van der Waals surface area contributed by atoms with Gasteiger partial charge in [-0.05, 0) is 24.5 Å². The average Bonchev–Trinajstić information content (AvgIpc) is 2.91. The van der Waals surface area contributed by atoms with Crippen LogP contribution in [0.2, 0.25) is 0 Å². The van der Waals surface area contributed by atoms with E-state index in [9.17, 15) is 9.18 Å². The number of anilines is 2. The molecule has 0 bridgehead atoms. The molecule has 0 aliphatic heterocycles. The SMILES string of the molecule is CSc1nnc(SCCC(=O)Nc2cc(N)ccc2F)s1. The summed E-state index contributed by atoms with van der Waals surface area (Å²) in [5, 5.41) is 10.5. The summed E-state index contributed by atoms with van der Waals surface area (Å²) in [6.07, 6.45) is 2.19. The van der Waals surface area contributed by atoms with Gasteiger partial charge in [-0.15, -0.1) is 10.2 Å². The Kier molecular flexibility index (Phi) is 5.83. The fourth-order valence-electron chi connectivity index (χ4n) is 1.42. The van der Waals surface area contributed by atoms with Crippen molar-refractivity contribution in [3.63, 3.8) is 0 Å². The molecule has 21 heavy (non-hydrogen) atoms. The number of nitrogen functional groups attached to an aromatic ring is 1. The average molecular weight is 344 g/mol. The van der Waals surface area contributed by atoms with E-state index in [1.54, 1.807) is 0 Å². The Balaban J connectivity index is 1.80. The highest BCUT2D eigenvalue weighted by atomic mass is 32.2. The van der Waals surface area contributed by atoms with Gasteiger partial charge in [0.1, 0.15) is 5.82 Å². The molecule has 0 saturated heterocycles. The molecule has 0 aliphatic rings. The number of carbonyl (C=O) groups is 1. The Morgan fingerprint density at radius 2 is 2.19 bits per heavy atom. The van der Waals surface area contributed by atoms with Gasteiger partial charge in [-0.1, -0.05) is 34.9 Å². The largest absolute Gasteiger partial charge is 0.399 e. The summed E-state index contributed by atoms with van der Waals surface area (Å²) in [5.41, 5.74) is 6.06. The van der Waals surface area contributed by atoms with Crippen LogP contribution >= 0.6 is 34.9 Å². The van der Waals surface area contributed by atoms with Crippen molar-refractivity contribution in [3.8, 4) is 0 Å². The van der Waals surface area contributed by atoms with Crippen molar-refractivity contribution in [2.75, 3.05) is 23.1 Å². The summed E-state index contributed by atoms with van der Waals surface area (Å²) >= 11 is 4.48. The molecule has 5 nitrogen and oxygen atoms in total. The van der Waals surface area contributed by atoms with E-state index in [1.807, 2.05) is 6.26 Å². The molecule has 0 atom stereocenters. The van der Waals surface area contributed by atoms with E-state index in [0.29, 0.717) is 11.4 Å². The second kappa shape index (κ2) is 7.62. The molecule has 2 rings (SSSR count). The third kappa shape index (κ3) is 4.87. The molecule has 3 N–H and O–H groups in total. The van der Waals surface area contributed by atoms with Crippen LogP contribution in [-0.2, 0) is 4.79 Å². The molecule has 0 saturated carbocycles. The minimum atomic E-state index is -0.501. The van der Waals surface area contributed by atoms with Crippen LogP contribution in [0, 0.1) is 5.82 Å². The first-order valence-electron chi connectivity index (χ1n) is 5.93. The summed E-state index contributed by atoms with van der Waals surface area (Å²) in [7, 11) is 0. The van der Waals surface area contributed by atoms with E-state index >= 15 is 0 Å². The van der Waals surface area contributed by atoms with Crippen molar-refractivity contribution >= 4 is 52.1 Å². The van der Waals surface area contributed by atoms with Crippen LogP contribution < -0.4 is 11.1 Å². The van der Waals surface area contributed by atoms with Crippen molar-refractivity contribution in [1.29, 1.82) is 0 Å². The van der Waals surface area contributed by atoms with E-state index < -0.39 is 5.82 Å². The Hall–Kier alpha value is -1.32. The van der Waals surface area contributed by atoms with Crippen LogP contribution in [0.25, 0.3) is 0 Å². The van der Waals surface area contributed by atoms with Gasteiger partial charge in [-0.3, -0.25) is 4.79 Å². The highest BCUT2D eigenvalue weighted by Gasteiger charge is 2.09. The maximum atomic E-state index is 13.5. The zero-order valence-electron chi connectivity index (χ0n) is 11.1. The second-order valence-electron chi connectivity index (χ2n) is 3.92. The lowest BCUT2D eigenvalue weighted by molar-refractivity contribution is -0.115. The molecular formula is C12H13FN4OS3. The lowest BCUT2D eigenvalue weighted by atomic mass is 10.2. The van der Waals surface area contributed by atoms with Crippen LogP contribution in [0.15, 0.2) is 26.9 Å². The predicted molar refractivity (Wildman–Crippen MR) is 86.5 cm³/mol. The molecule has 0 radical (unpaired) electrons. The van der Waals surface area contributed by atoms with Gasteiger partial charge in [0, 0.05) is 17.9 Å². The monoisotopic (exact) mass is 344 g/mol. The summed E-state index contributed by atoms with van der Waals surface area (Å²) < 4.78 is 15.2. The summed E-state index contributed by atoms with van der Waals surface area (Å²) in [5.74, 6) is -0.209. The zero-order valence-corrected chi connectivity index (χ0v) is 13.6. The first-order chi connectivity index (χ1) is 10.1. The molecule has 9 heteroatoms. The number of thioether (sulfide) groups is 2. The van der Waals surface area contributed by atoms with Crippen molar-refractivity contribution in [3.05, 3.63) is 24.0 Å². The number of nitrogens with zero attached hydrogens (tertiary/aromatic N) is 2. The predicted octanol–water partition coefficient (Wildman–Crippen LogP) is 3.10. The number of benzene rings is 1. The van der Waals surface area contributed by atoms with Gasteiger partial charge >= 0.3 is 0 Å². The number of aromatic nitrogens is 2. The summed E-state index contributed by atoms with van der Waals surface area (Å²) in [6, 6.07) is 4.07. The molecule has 0 spiro atoms. The molecule has 1 amide bonds. The van der Waals surface area contributed by atoms with Crippen LogP contribution in [0.1, 0.15) is 6.42 Å². The van der Waals surface area contributed by atoms with Crippen LogP contribution in [0.5, 0.6) is 0 Å². The van der Waals surface area contributed by atoms with E-state index in [-0.39, 0.29) is 18.0 Å². The minimum Gasteiger partial charge on any atom is -0.399 e. The Morgan fingerprint density at radius 1 is 1.43 bits per heavy atom. The first kappa shape index (κ1) is 16.1. The number of nitrogens with two attached hydrogens (primary N) is 1. The molecule has 0 unspecified atom stereocenters. The van der Waals surface area contributed by atoms with Gasteiger partial charge in [0.2, 0.25) is 5.91 Å². The first-order valence-corrected chi connectivity index (χ1v) is 8.96. The van der Waals surface area contributed by atoms with Gasteiger partial charge in [-0.2, -0.15) is 0 Å². The maximum absolute atomic E-state index is 13.5. The van der Waals surface area contributed by atoms with E-state index in [0.717, 1.165) is 8.68 Å². The Morgan fingerprint density at radius 3 is 2.90 bits per heavy atom. The zero-order chi connectivity index (χ0) is 15.2. The highest BCUT2D eigenvalue weighted by molar-refractivity contribution is 8.02. The maximum Gasteiger partial charge on any atom is 0.225 e. The van der Waals surface area contributed by atoms with Crippen LogP contribution in [-0.4, -0.2) is 28.1 Å². The normalized spacial score (nSPS) is 10.6. The summed E-state index contributed by atoms with van der Waals surface area (Å²) in [4.78, 5) is 11.8. The van der Waals surface area contributed by atoms with Gasteiger partial charge in [0.05, 0.1) is 5.69 Å². The van der Waals surface area contributed by atoms with Gasteiger partial charge in [0.15, 0.2) is 8.68 Å². The van der Waals surface area contributed by atoms with Crippen molar-refractivity contribution in [1.82, 2.24) is 10.2 Å². The summed E-state index contributed by atoms with van der Waals surface area (Å²) in [6.45, 7) is 0. The second-order valence-corrected chi connectivity index (χ2v) is 7.30. The topological polar surface area (TPSA) is 80.9 Å². The molecule has 112 valence electrons. The molecule has 0 aliphatic carbocycles. The number of amides is 1. The number of nitrogens with one attached hydrogen (secondary N) is 1. The van der Waals surface area contributed by atoms with Gasteiger partial charge in [-0.25, -0.2) is 4.39 Å². The number of rotatable bonds is 6. The quantitative estimate of drug-likeness (QED) is 0.619. The molecular weight excluding hydrogens is 331 g/mol. The van der Waals surface area contributed by atoms with Crippen molar-refractivity contribution in [2.45, 2.75) is 15.1 Å². The highest BCUT2D eigenvalue weighted by Crippen LogP contribution is 2.27. The number of carbonyl (C=O) groups excluding carboxylic acids is 1. The third-order valence-corrected chi connectivity index (χ3v) is 5.42. The lowest BCUT2D eigenvalue weighted by Gasteiger charge is -2.06. The molecule has 1 aromatic heterocycles. The van der Waals surface area contributed by atoms with Gasteiger partial charge < -0.3 is 11.1 Å². The van der Waals surface area contributed by atoms with Crippen LogP contribution in [0.4, 0.5) is 15.8 Å². The van der Waals surface area contributed by atoms with Gasteiger partial charge in [0.25, 0.3) is 0 Å². The van der Waals surface area contributed by atoms with E-state index in [1.165, 1.54) is 53.1 Å². The molecule has 1 aromatic carbocycles. The third-order valence-electron chi connectivity index (χ3n) is 2.38. The smallest absolute Gasteiger partial charge is 0.225 e. The Bertz CT molecular complexity index is 635. The van der Waals surface area contributed by atoms with Crippen LogP contribution in [0.3, 0.4) is 0 Å². The minimum absolute atomic E-state index is 0.102. The van der Waals surface area contributed by atoms with E-state index in [4.69, 9.17) is 5.73 Å². The molecule has 1 heterocycles. The number of halogens is 1. The van der Waals surface area contributed by atoms with E-state index in [2.05, 4.69) is 15.5 Å². The number of hydrogen-bond acceptors (Lipinski definition) is 7. The number of hydrogen-bond donors (Lipinski definition) is 2. The van der Waals surface area contributed by atoms with Crippen molar-refractivity contribution < 1.29 is 9.18 Å². The standard InChI is InChI=1S/C12H13FN4OS3/c1-19-11-16-17-12(21-11)20-5-4-10(18)15-9-6-7(14)2-3-8(9)13/h2-3,6H,4-5,14H2,1H3,(H,15,18). The lowest BCUT2D eigenvalue weighted by Crippen LogP contribution is -2.13. The Labute approximate surface area is 133 Å². The molecule has 0 fully saturated rings. The van der Waals surface area contributed by atoms with Crippen molar-refractivity contribution in [2.24, 2.45) is 0 Å². The fraction of sp³-hybridized carbons (Fsp3) is 0.250. The molecule has 2 aromatic rings.